The molecule has 0 unspecified atom stereocenters. The van der Waals surface area contributed by atoms with E-state index in [1.165, 1.54) is 193 Å². The highest BCUT2D eigenvalue weighted by molar-refractivity contribution is 4.81. The molecule has 0 saturated heterocycles. The Kier molecular flexibility index (Phi) is 34.0. The predicted octanol–water partition coefficient (Wildman–Crippen LogP) is 13.6. The summed E-state index contributed by atoms with van der Waals surface area (Å²) < 4.78 is 0. The van der Waals surface area contributed by atoms with Crippen molar-refractivity contribution in [3.05, 3.63) is 24.3 Å². The van der Waals surface area contributed by atoms with Crippen molar-refractivity contribution in [1.29, 1.82) is 0 Å². The van der Waals surface area contributed by atoms with Crippen molar-refractivity contribution < 1.29 is 0 Å². The Morgan fingerprint density at radius 1 is 0.333 bits per heavy atom. The van der Waals surface area contributed by atoms with E-state index in [2.05, 4.69) is 38.2 Å². The first-order chi connectivity index (χ1) is 17.9. The lowest BCUT2D eigenvalue weighted by Crippen LogP contribution is -1.83. The van der Waals surface area contributed by atoms with E-state index in [0.717, 1.165) is 0 Å². The van der Waals surface area contributed by atoms with Gasteiger partial charge in [-0.05, 0) is 57.4 Å². The summed E-state index contributed by atoms with van der Waals surface area (Å²) in [6.45, 7) is 4.60. The smallest absolute Gasteiger partial charge is 0.0279 e. The summed E-state index contributed by atoms with van der Waals surface area (Å²) >= 11 is 0. The van der Waals surface area contributed by atoms with Crippen molar-refractivity contribution in [1.82, 2.24) is 0 Å². The zero-order chi connectivity index (χ0) is 26.0. The van der Waals surface area contributed by atoms with Crippen LogP contribution in [-0.4, -0.2) is 0 Å². The quantitative estimate of drug-likeness (QED) is 0.0654. The van der Waals surface area contributed by atoms with E-state index in [0.29, 0.717) is 0 Å². The van der Waals surface area contributed by atoms with Crippen LogP contribution in [0.15, 0.2) is 18.2 Å². The van der Waals surface area contributed by atoms with Gasteiger partial charge in [0.2, 0.25) is 0 Å². The lowest BCUT2D eigenvalue weighted by molar-refractivity contribution is 0.536. The summed E-state index contributed by atoms with van der Waals surface area (Å²) in [5.41, 5.74) is 0. The van der Waals surface area contributed by atoms with E-state index >= 15 is 0 Å². The molecule has 213 valence electrons. The van der Waals surface area contributed by atoms with Gasteiger partial charge >= 0.3 is 0 Å². The minimum absolute atomic E-state index is 1.17. The highest BCUT2D eigenvalue weighted by Crippen LogP contribution is 2.14. The maximum absolute atomic E-state index is 3.54. The molecule has 0 aromatic carbocycles. The number of allylic oxidation sites excluding steroid dienone is 4. The van der Waals surface area contributed by atoms with Gasteiger partial charge in [0, 0.05) is 0 Å². The largest absolute Gasteiger partial charge is 0.0885 e. The molecule has 0 aliphatic carbocycles. The average Bonchev–Trinajstić information content (AvgIpc) is 2.89. The van der Waals surface area contributed by atoms with E-state index in [-0.39, 0.29) is 0 Å². The van der Waals surface area contributed by atoms with Crippen LogP contribution < -0.4 is 0 Å². The second kappa shape index (κ2) is 34.5. The van der Waals surface area contributed by atoms with Crippen molar-refractivity contribution in [2.24, 2.45) is 0 Å². The maximum atomic E-state index is 3.54. The molecular formula is C36H69. The normalized spacial score (nSPS) is 11.9. The van der Waals surface area contributed by atoms with E-state index < -0.39 is 0 Å². The molecule has 0 fully saturated rings. The van der Waals surface area contributed by atoms with Crippen LogP contribution in [0.4, 0.5) is 0 Å². The van der Waals surface area contributed by atoms with Crippen LogP contribution in [0.3, 0.4) is 0 Å². The molecule has 0 aromatic heterocycles. The maximum Gasteiger partial charge on any atom is -0.0279 e. The summed E-state index contributed by atoms with van der Waals surface area (Å²) in [5.74, 6) is 0. The standard InChI is InChI=1S/C36H69/c1-3-5-7-9-11-13-15-17-19-21-23-25-27-29-31-33-35-36-34-32-30-28-26-24-22-20-18-16-14-12-10-8-6-4-2/h23,25,34H,3-22,24,26-33,35H2,1-2H3/b25-23-,36-34?. The SMILES string of the molecule is CCCCCCCCCCC/C=C\CCCCC/[C]=C/CCCCCCCCCCCCCCCC. The summed E-state index contributed by atoms with van der Waals surface area (Å²) in [4.78, 5) is 0. The summed E-state index contributed by atoms with van der Waals surface area (Å²) in [7, 11) is 0. The third-order valence-electron chi connectivity index (χ3n) is 7.68. The van der Waals surface area contributed by atoms with Crippen LogP contribution in [0, 0.1) is 6.08 Å². The molecule has 0 aromatic rings. The fourth-order valence-electron chi connectivity index (χ4n) is 5.12. The lowest BCUT2D eigenvalue weighted by atomic mass is 10.0. The molecule has 0 N–H and O–H groups in total. The molecule has 0 aliphatic heterocycles. The molecule has 0 aliphatic rings. The Morgan fingerprint density at radius 3 is 1.03 bits per heavy atom. The fraction of sp³-hybridized carbons (Fsp3) is 0.889. The third-order valence-corrected chi connectivity index (χ3v) is 7.68. The Balaban J connectivity index is 3.13. The fourth-order valence-corrected chi connectivity index (χ4v) is 5.12. The Labute approximate surface area is 230 Å². The summed E-state index contributed by atoms with van der Waals surface area (Å²) in [6.07, 6.45) is 52.9. The topological polar surface area (TPSA) is 0 Å². The first-order valence-electron chi connectivity index (χ1n) is 17.1. The van der Waals surface area contributed by atoms with Crippen molar-refractivity contribution >= 4 is 0 Å². The van der Waals surface area contributed by atoms with E-state index in [1.54, 1.807) is 0 Å². The van der Waals surface area contributed by atoms with Gasteiger partial charge in [-0.1, -0.05) is 173 Å². The number of unbranched alkanes of at least 4 members (excludes halogenated alkanes) is 27. The molecule has 1 radical (unpaired) electrons. The molecule has 0 saturated carbocycles. The first kappa shape index (κ1) is 35.5. The number of hydrogen-bond acceptors (Lipinski definition) is 0. The third kappa shape index (κ3) is 33.5. The molecule has 0 bridgehead atoms. The van der Waals surface area contributed by atoms with Crippen molar-refractivity contribution in [3.8, 4) is 0 Å². The van der Waals surface area contributed by atoms with E-state index in [9.17, 15) is 0 Å². The molecule has 0 heteroatoms. The Morgan fingerprint density at radius 2 is 0.639 bits per heavy atom. The lowest BCUT2D eigenvalue weighted by Gasteiger charge is -2.02. The van der Waals surface area contributed by atoms with E-state index in [1.807, 2.05) is 0 Å². The minimum atomic E-state index is 1.17. The first-order valence-corrected chi connectivity index (χ1v) is 17.1. The van der Waals surface area contributed by atoms with Crippen molar-refractivity contribution in [2.75, 3.05) is 0 Å². The molecule has 0 rings (SSSR count). The predicted molar refractivity (Wildman–Crippen MR) is 167 cm³/mol. The van der Waals surface area contributed by atoms with Gasteiger partial charge in [-0.2, -0.15) is 0 Å². The second-order valence-corrected chi connectivity index (χ2v) is 11.5. The highest BCUT2D eigenvalue weighted by atomic mass is 14.0. The van der Waals surface area contributed by atoms with E-state index in [4.69, 9.17) is 0 Å². The second-order valence-electron chi connectivity index (χ2n) is 11.5. The average molecular weight is 502 g/mol. The van der Waals surface area contributed by atoms with Crippen LogP contribution in [0.25, 0.3) is 0 Å². The van der Waals surface area contributed by atoms with Gasteiger partial charge in [-0.15, -0.1) is 0 Å². The molecule has 0 spiro atoms. The molecular weight excluding hydrogens is 432 g/mol. The van der Waals surface area contributed by atoms with Gasteiger partial charge in [-0.3, -0.25) is 0 Å². The number of hydrogen-bond donors (Lipinski definition) is 0. The van der Waals surface area contributed by atoms with Crippen LogP contribution >= 0.6 is 0 Å². The Hall–Kier alpha value is -0.520. The van der Waals surface area contributed by atoms with Gasteiger partial charge < -0.3 is 0 Å². The zero-order valence-corrected chi connectivity index (χ0v) is 25.4. The monoisotopic (exact) mass is 502 g/mol. The van der Waals surface area contributed by atoms with Crippen molar-refractivity contribution in [3.63, 3.8) is 0 Å². The summed E-state index contributed by atoms with van der Waals surface area (Å²) in [6, 6.07) is 0. The minimum Gasteiger partial charge on any atom is -0.0885 e. The molecule has 0 nitrogen and oxygen atoms in total. The Bertz CT molecular complexity index is 418. The molecule has 36 heavy (non-hydrogen) atoms. The van der Waals surface area contributed by atoms with Crippen LogP contribution in [0.1, 0.15) is 206 Å². The van der Waals surface area contributed by atoms with Gasteiger partial charge in [0.1, 0.15) is 0 Å². The molecule has 0 amide bonds. The van der Waals surface area contributed by atoms with Gasteiger partial charge in [0.15, 0.2) is 0 Å². The van der Waals surface area contributed by atoms with Crippen LogP contribution in [0.5, 0.6) is 0 Å². The van der Waals surface area contributed by atoms with Gasteiger partial charge in [-0.25, -0.2) is 0 Å². The highest BCUT2D eigenvalue weighted by Gasteiger charge is 1.94. The molecule has 0 heterocycles. The summed E-state index contributed by atoms with van der Waals surface area (Å²) in [5, 5.41) is 0. The van der Waals surface area contributed by atoms with Crippen LogP contribution in [-0.2, 0) is 0 Å². The van der Waals surface area contributed by atoms with Gasteiger partial charge in [0.25, 0.3) is 0 Å². The zero-order valence-electron chi connectivity index (χ0n) is 25.4. The molecule has 0 atom stereocenters. The van der Waals surface area contributed by atoms with Crippen molar-refractivity contribution in [2.45, 2.75) is 206 Å². The number of rotatable bonds is 31. The van der Waals surface area contributed by atoms with Crippen LogP contribution in [0.2, 0.25) is 0 Å². The van der Waals surface area contributed by atoms with Gasteiger partial charge in [0.05, 0.1) is 0 Å².